The van der Waals surface area contributed by atoms with Crippen molar-refractivity contribution in [1.82, 2.24) is 9.97 Å². The Morgan fingerprint density at radius 1 is 1.39 bits per heavy atom. The van der Waals surface area contributed by atoms with Crippen molar-refractivity contribution in [1.29, 1.82) is 0 Å². The average Bonchev–Trinajstić information content (AvgIpc) is 2.41. The SMILES string of the molecule is CCNc1nccc(N2CCC(OCC)CC2)n1. The molecule has 1 aliphatic rings. The summed E-state index contributed by atoms with van der Waals surface area (Å²) in [6.07, 6.45) is 4.39. The smallest absolute Gasteiger partial charge is 0.224 e. The van der Waals surface area contributed by atoms with E-state index in [0.717, 1.165) is 44.9 Å². The summed E-state index contributed by atoms with van der Waals surface area (Å²) < 4.78 is 5.66. The summed E-state index contributed by atoms with van der Waals surface area (Å²) >= 11 is 0. The molecule has 100 valence electrons. The third-order valence-corrected chi connectivity index (χ3v) is 3.14. The fraction of sp³-hybridized carbons (Fsp3) is 0.692. The van der Waals surface area contributed by atoms with Crippen LogP contribution in [-0.2, 0) is 4.74 Å². The van der Waals surface area contributed by atoms with Gasteiger partial charge in [0.05, 0.1) is 6.10 Å². The molecular formula is C13H22N4O. The van der Waals surface area contributed by atoms with E-state index >= 15 is 0 Å². The minimum Gasteiger partial charge on any atom is -0.378 e. The molecule has 1 N–H and O–H groups in total. The minimum atomic E-state index is 0.418. The van der Waals surface area contributed by atoms with Crippen LogP contribution in [0, 0.1) is 0 Å². The normalized spacial score (nSPS) is 16.9. The van der Waals surface area contributed by atoms with Crippen molar-refractivity contribution in [2.75, 3.05) is 36.5 Å². The quantitative estimate of drug-likeness (QED) is 0.865. The van der Waals surface area contributed by atoms with Gasteiger partial charge in [0.1, 0.15) is 5.82 Å². The molecular weight excluding hydrogens is 228 g/mol. The number of aromatic nitrogens is 2. The molecule has 0 bridgehead atoms. The molecule has 0 unspecified atom stereocenters. The maximum atomic E-state index is 5.66. The molecule has 2 rings (SSSR count). The van der Waals surface area contributed by atoms with Crippen LogP contribution in [0.5, 0.6) is 0 Å². The van der Waals surface area contributed by atoms with Crippen molar-refractivity contribution >= 4 is 11.8 Å². The lowest BCUT2D eigenvalue weighted by Gasteiger charge is -2.32. The summed E-state index contributed by atoms with van der Waals surface area (Å²) in [5.41, 5.74) is 0. The summed E-state index contributed by atoms with van der Waals surface area (Å²) in [5.74, 6) is 1.72. The summed E-state index contributed by atoms with van der Waals surface area (Å²) in [6, 6.07) is 1.97. The Morgan fingerprint density at radius 3 is 2.83 bits per heavy atom. The van der Waals surface area contributed by atoms with E-state index in [1.165, 1.54) is 0 Å². The van der Waals surface area contributed by atoms with Gasteiger partial charge in [0.2, 0.25) is 5.95 Å². The van der Waals surface area contributed by atoms with Crippen molar-refractivity contribution in [3.63, 3.8) is 0 Å². The van der Waals surface area contributed by atoms with Crippen LogP contribution in [-0.4, -0.2) is 42.3 Å². The first-order valence-corrected chi connectivity index (χ1v) is 6.77. The van der Waals surface area contributed by atoms with Gasteiger partial charge in [-0.15, -0.1) is 0 Å². The third-order valence-electron chi connectivity index (χ3n) is 3.14. The van der Waals surface area contributed by atoms with Crippen molar-refractivity contribution in [3.8, 4) is 0 Å². The Morgan fingerprint density at radius 2 is 2.17 bits per heavy atom. The van der Waals surface area contributed by atoms with E-state index in [0.29, 0.717) is 12.1 Å². The number of piperidine rings is 1. The standard InChI is InChI=1S/C13H22N4O/c1-3-14-13-15-8-5-12(16-13)17-9-6-11(7-10-17)18-4-2/h5,8,11H,3-4,6-7,9-10H2,1-2H3,(H,14,15,16). The fourth-order valence-corrected chi connectivity index (χ4v) is 2.26. The summed E-state index contributed by atoms with van der Waals surface area (Å²) in [4.78, 5) is 11.0. The van der Waals surface area contributed by atoms with E-state index in [1.54, 1.807) is 0 Å². The Kier molecular flexibility index (Phi) is 4.75. The van der Waals surface area contributed by atoms with Crippen molar-refractivity contribution in [2.45, 2.75) is 32.8 Å². The van der Waals surface area contributed by atoms with Crippen LogP contribution in [0.1, 0.15) is 26.7 Å². The molecule has 0 saturated carbocycles. The van der Waals surface area contributed by atoms with Crippen LogP contribution in [0.3, 0.4) is 0 Å². The van der Waals surface area contributed by atoms with Gasteiger partial charge in [0.15, 0.2) is 0 Å². The monoisotopic (exact) mass is 250 g/mol. The first-order chi connectivity index (χ1) is 8.83. The number of hydrogen-bond acceptors (Lipinski definition) is 5. The lowest BCUT2D eigenvalue weighted by molar-refractivity contribution is 0.0458. The number of anilines is 2. The average molecular weight is 250 g/mol. The zero-order valence-corrected chi connectivity index (χ0v) is 11.2. The predicted molar refractivity (Wildman–Crippen MR) is 73.1 cm³/mol. The largest absolute Gasteiger partial charge is 0.378 e. The lowest BCUT2D eigenvalue weighted by Crippen LogP contribution is -2.37. The summed E-state index contributed by atoms with van der Waals surface area (Å²) in [5, 5.41) is 3.14. The van der Waals surface area contributed by atoms with Crippen LogP contribution < -0.4 is 10.2 Å². The van der Waals surface area contributed by atoms with E-state index in [4.69, 9.17) is 4.74 Å². The van der Waals surface area contributed by atoms with Gasteiger partial charge in [-0.25, -0.2) is 4.98 Å². The van der Waals surface area contributed by atoms with Crippen molar-refractivity contribution in [2.24, 2.45) is 0 Å². The molecule has 0 amide bonds. The molecule has 0 aromatic carbocycles. The predicted octanol–water partition coefficient (Wildman–Crippen LogP) is 1.91. The van der Waals surface area contributed by atoms with Gasteiger partial charge in [-0.2, -0.15) is 4.98 Å². The molecule has 2 heterocycles. The number of nitrogens with zero attached hydrogens (tertiary/aromatic N) is 3. The first kappa shape index (κ1) is 13.1. The molecule has 1 aromatic heterocycles. The molecule has 0 aliphatic carbocycles. The Hall–Kier alpha value is -1.36. The molecule has 1 saturated heterocycles. The molecule has 1 aromatic rings. The molecule has 5 nitrogen and oxygen atoms in total. The topological polar surface area (TPSA) is 50.3 Å². The molecule has 5 heteroatoms. The number of ether oxygens (including phenoxy) is 1. The number of rotatable bonds is 5. The van der Waals surface area contributed by atoms with Crippen LogP contribution in [0.4, 0.5) is 11.8 Å². The third kappa shape index (κ3) is 3.32. The van der Waals surface area contributed by atoms with Crippen LogP contribution in [0.25, 0.3) is 0 Å². The Bertz CT molecular complexity index is 364. The number of nitrogens with one attached hydrogen (secondary N) is 1. The van der Waals surface area contributed by atoms with E-state index in [-0.39, 0.29) is 0 Å². The molecule has 0 atom stereocenters. The lowest BCUT2D eigenvalue weighted by atomic mass is 10.1. The van der Waals surface area contributed by atoms with Crippen LogP contribution in [0.15, 0.2) is 12.3 Å². The first-order valence-electron chi connectivity index (χ1n) is 6.77. The van der Waals surface area contributed by atoms with Crippen molar-refractivity contribution < 1.29 is 4.74 Å². The van der Waals surface area contributed by atoms with Gasteiger partial charge in [-0.05, 0) is 32.8 Å². The minimum absolute atomic E-state index is 0.418. The van der Waals surface area contributed by atoms with Gasteiger partial charge < -0.3 is 15.0 Å². The maximum absolute atomic E-state index is 5.66. The highest BCUT2D eigenvalue weighted by Crippen LogP contribution is 2.20. The molecule has 1 fully saturated rings. The van der Waals surface area contributed by atoms with Gasteiger partial charge in [-0.1, -0.05) is 0 Å². The van der Waals surface area contributed by atoms with Crippen LogP contribution >= 0.6 is 0 Å². The zero-order chi connectivity index (χ0) is 12.8. The second kappa shape index (κ2) is 6.54. The highest BCUT2D eigenvalue weighted by atomic mass is 16.5. The van der Waals surface area contributed by atoms with E-state index < -0.39 is 0 Å². The molecule has 0 radical (unpaired) electrons. The van der Waals surface area contributed by atoms with Gasteiger partial charge in [0, 0.05) is 32.4 Å². The number of hydrogen-bond donors (Lipinski definition) is 1. The second-order valence-electron chi connectivity index (χ2n) is 4.41. The Balaban J connectivity index is 1.94. The molecule has 1 aliphatic heterocycles. The maximum Gasteiger partial charge on any atom is 0.224 e. The van der Waals surface area contributed by atoms with E-state index in [9.17, 15) is 0 Å². The van der Waals surface area contributed by atoms with Gasteiger partial charge in [0.25, 0.3) is 0 Å². The fourth-order valence-electron chi connectivity index (χ4n) is 2.26. The second-order valence-corrected chi connectivity index (χ2v) is 4.41. The zero-order valence-electron chi connectivity index (χ0n) is 11.2. The highest BCUT2D eigenvalue weighted by Gasteiger charge is 2.20. The Labute approximate surface area is 109 Å². The van der Waals surface area contributed by atoms with Crippen molar-refractivity contribution in [3.05, 3.63) is 12.3 Å². The van der Waals surface area contributed by atoms with Crippen LogP contribution in [0.2, 0.25) is 0 Å². The van der Waals surface area contributed by atoms with Gasteiger partial charge in [-0.3, -0.25) is 0 Å². The summed E-state index contributed by atoms with van der Waals surface area (Å²) in [7, 11) is 0. The molecule has 0 spiro atoms. The van der Waals surface area contributed by atoms with E-state index in [1.807, 2.05) is 19.2 Å². The highest BCUT2D eigenvalue weighted by molar-refractivity contribution is 5.42. The molecule has 18 heavy (non-hydrogen) atoms. The van der Waals surface area contributed by atoms with Gasteiger partial charge >= 0.3 is 0 Å². The van der Waals surface area contributed by atoms with E-state index in [2.05, 4.69) is 27.1 Å². The summed E-state index contributed by atoms with van der Waals surface area (Å²) in [6.45, 7) is 7.77.